The highest BCUT2D eigenvalue weighted by atomic mass is 32.2. The van der Waals surface area contributed by atoms with Crippen molar-refractivity contribution in [3.63, 3.8) is 0 Å². The van der Waals surface area contributed by atoms with Gasteiger partial charge in [-0.25, -0.2) is 8.42 Å². The summed E-state index contributed by atoms with van der Waals surface area (Å²) in [6.45, 7) is 2.00. The van der Waals surface area contributed by atoms with Gasteiger partial charge in [0, 0.05) is 12.0 Å². The molecule has 18 heavy (non-hydrogen) atoms. The van der Waals surface area contributed by atoms with Crippen LogP contribution in [-0.4, -0.2) is 26.4 Å². The summed E-state index contributed by atoms with van der Waals surface area (Å²) in [5, 5.41) is 8.64. The van der Waals surface area contributed by atoms with E-state index in [0.29, 0.717) is 18.5 Å². The first-order chi connectivity index (χ1) is 8.46. The van der Waals surface area contributed by atoms with Crippen LogP contribution in [0.3, 0.4) is 0 Å². The van der Waals surface area contributed by atoms with Crippen molar-refractivity contribution in [2.24, 2.45) is 0 Å². The molecule has 0 atom stereocenters. The molecule has 0 amide bonds. The first kappa shape index (κ1) is 14.6. The summed E-state index contributed by atoms with van der Waals surface area (Å²) in [6.07, 6.45) is 2.28. The number of hydrogen-bond donors (Lipinski definition) is 2. The largest absolute Gasteiger partial charge is 0.395 e. The molecule has 0 spiro atoms. The van der Waals surface area contributed by atoms with Gasteiger partial charge in [-0.2, -0.15) is 0 Å². The highest BCUT2D eigenvalue weighted by Gasteiger charge is 2.06. The van der Waals surface area contributed by atoms with Crippen molar-refractivity contribution < 1.29 is 13.5 Å². The number of aliphatic hydroxyl groups is 1. The molecular weight excluding hydrogens is 250 g/mol. The van der Waals surface area contributed by atoms with E-state index in [1.54, 1.807) is 12.1 Å². The molecule has 1 rings (SSSR count). The average molecular weight is 267 g/mol. The lowest BCUT2D eigenvalue weighted by atomic mass is 10.1. The second-order valence-corrected chi connectivity index (χ2v) is 5.62. The van der Waals surface area contributed by atoms with Crippen LogP contribution in [0, 0.1) is 11.8 Å². The fourth-order valence-electron chi connectivity index (χ4n) is 1.48. The number of aliphatic hydroxyl groups excluding tert-OH is 1. The van der Waals surface area contributed by atoms with Crippen LogP contribution in [-0.2, 0) is 16.4 Å². The van der Waals surface area contributed by atoms with E-state index in [1.165, 1.54) is 0 Å². The molecule has 98 valence electrons. The quantitative estimate of drug-likeness (QED) is 0.809. The smallest absolute Gasteiger partial charge is 0.229 e. The minimum atomic E-state index is -3.26. The molecule has 1 aromatic rings. The highest BCUT2D eigenvalue weighted by molar-refractivity contribution is 7.92. The first-order valence-corrected chi connectivity index (χ1v) is 7.56. The Morgan fingerprint density at radius 2 is 2.11 bits per heavy atom. The summed E-state index contributed by atoms with van der Waals surface area (Å²) in [4.78, 5) is 0. The van der Waals surface area contributed by atoms with Crippen LogP contribution in [0.2, 0.25) is 0 Å². The summed E-state index contributed by atoms with van der Waals surface area (Å²) in [7, 11) is -3.26. The third-order valence-electron chi connectivity index (χ3n) is 2.25. The van der Waals surface area contributed by atoms with Crippen LogP contribution < -0.4 is 4.72 Å². The van der Waals surface area contributed by atoms with Crippen molar-refractivity contribution in [1.82, 2.24) is 0 Å². The normalized spacial score (nSPS) is 10.6. The van der Waals surface area contributed by atoms with E-state index >= 15 is 0 Å². The van der Waals surface area contributed by atoms with Crippen LogP contribution in [0.4, 0.5) is 5.69 Å². The zero-order valence-electron chi connectivity index (χ0n) is 10.5. The first-order valence-electron chi connectivity index (χ1n) is 5.66. The number of benzene rings is 1. The van der Waals surface area contributed by atoms with Crippen molar-refractivity contribution >= 4 is 15.7 Å². The second-order valence-electron chi connectivity index (χ2n) is 3.88. The molecule has 0 aliphatic heterocycles. The summed E-state index contributed by atoms with van der Waals surface area (Å²) >= 11 is 0. The van der Waals surface area contributed by atoms with Crippen molar-refractivity contribution in [1.29, 1.82) is 0 Å². The summed E-state index contributed by atoms with van der Waals surface area (Å²) < 4.78 is 24.9. The Labute approximate surface area is 108 Å². The summed E-state index contributed by atoms with van der Waals surface area (Å²) in [5.41, 5.74) is 2.31. The van der Waals surface area contributed by atoms with Crippen molar-refractivity contribution in [3.8, 4) is 11.8 Å². The number of anilines is 1. The number of aryl methyl sites for hydroxylation is 1. The van der Waals surface area contributed by atoms with E-state index in [4.69, 9.17) is 5.11 Å². The molecule has 5 heteroatoms. The summed E-state index contributed by atoms with van der Waals surface area (Å²) in [6, 6.07) is 5.33. The standard InChI is InChI=1S/C13H17NO3S/c1-3-12-10-11(6-4-5-9-15)7-8-13(12)14-18(2,16)17/h7-8,10,14-15H,3,5,9H2,1-2H3. The summed E-state index contributed by atoms with van der Waals surface area (Å²) in [5.74, 6) is 5.75. The number of hydrogen-bond acceptors (Lipinski definition) is 3. The lowest BCUT2D eigenvalue weighted by Crippen LogP contribution is -2.11. The van der Waals surface area contributed by atoms with Gasteiger partial charge in [-0.1, -0.05) is 18.8 Å². The Bertz CT molecular complexity index is 568. The molecular formula is C13H17NO3S. The highest BCUT2D eigenvalue weighted by Crippen LogP contribution is 2.18. The average Bonchev–Trinajstić information content (AvgIpc) is 2.29. The maximum Gasteiger partial charge on any atom is 0.229 e. The minimum Gasteiger partial charge on any atom is -0.395 e. The molecule has 0 aliphatic carbocycles. The van der Waals surface area contributed by atoms with Crippen molar-refractivity contribution in [2.45, 2.75) is 19.8 Å². The van der Waals surface area contributed by atoms with Crippen LogP contribution in [0.25, 0.3) is 0 Å². The molecule has 1 aromatic carbocycles. The van der Waals surface area contributed by atoms with Gasteiger partial charge in [0.2, 0.25) is 10.0 Å². The molecule has 0 saturated heterocycles. The predicted molar refractivity (Wildman–Crippen MR) is 72.9 cm³/mol. The molecule has 0 heterocycles. The van der Waals surface area contributed by atoms with Gasteiger partial charge in [0.15, 0.2) is 0 Å². The molecule has 4 nitrogen and oxygen atoms in total. The molecule has 0 fully saturated rings. The zero-order valence-corrected chi connectivity index (χ0v) is 11.3. The minimum absolute atomic E-state index is 0.0430. The predicted octanol–water partition coefficient (Wildman–Crippen LogP) is 1.35. The lowest BCUT2D eigenvalue weighted by molar-refractivity contribution is 0.305. The van der Waals surface area contributed by atoms with E-state index in [0.717, 1.165) is 17.4 Å². The molecule has 0 unspecified atom stereocenters. The van der Waals surface area contributed by atoms with E-state index in [1.807, 2.05) is 13.0 Å². The van der Waals surface area contributed by atoms with E-state index in [2.05, 4.69) is 16.6 Å². The van der Waals surface area contributed by atoms with E-state index < -0.39 is 10.0 Å². The Hall–Kier alpha value is -1.51. The van der Waals surface area contributed by atoms with Gasteiger partial charge in [0.1, 0.15) is 0 Å². The molecule has 0 radical (unpaired) electrons. The van der Waals surface area contributed by atoms with Gasteiger partial charge in [-0.05, 0) is 30.2 Å². The molecule has 2 N–H and O–H groups in total. The van der Waals surface area contributed by atoms with Crippen LogP contribution in [0.15, 0.2) is 18.2 Å². The monoisotopic (exact) mass is 267 g/mol. The third-order valence-corrected chi connectivity index (χ3v) is 2.84. The molecule has 0 bridgehead atoms. The van der Waals surface area contributed by atoms with Crippen LogP contribution >= 0.6 is 0 Å². The number of sulfonamides is 1. The Kier molecular flexibility index (Phi) is 5.20. The van der Waals surface area contributed by atoms with Crippen LogP contribution in [0.1, 0.15) is 24.5 Å². The number of nitrogens with one attached hydrogen (secondary N) is 1. The Morgan fingerprint density at radius 1 is 1.39 bits per heavy atom. The van der Waals surface area contributed by atoms with Gasteiger partial charge in [0.25, 0.3) is 0 Å². The maximum absolute atomic E-state index is 11.2. The van der Waals surface area contributed by atoms with Crippen molar-refractivity contribution in [3.05, 3.63) is 29.3 Å². The molecule has 0 saturated carbocycles. The van der Waals surface area contributed by atoms with E-state index in [9.17, 15) is 8.42 Å². The SMILES string of the molecule is CCc1cc(C#CCCO)ccc1NS(C)(=O)=O. The number of rotatable bonds is 4. The third kappa shape index (κ3) is 4.78. The van der Waals surface area contributed by atoms with Gasteiger partial charge in [-0.3, -0.25) is 4.72 Å². The van der Waals surface area contributed by atoms with Gasteiger partial charge >= 0.3 is 0 Å². The maximum atomic E-state index is 11.2. The molecule has 0 aliphatic rings. The van der Waals surface area contributed by atoms with Gasteiger partial charge in [0.05, 0.1) is 18.6 Å². The van der Waals surface area contributed by atoms with Crippen LogP contribution in [0.5, 0.6) is 0 Å². The second kappa shape index (κ2) is 6.43. The zero-order chi connectivity index (χ0) is 13.6. The molecule has 0 aromatic heterocycles. The lowest BCUT2D eigenvalue weighted by Gasteiger charge is -2.09. The topological polar surface area (TPSA) is 66.4 Å². The Morgan fingerprint density at radius 3 is 2.67 bits per heavy atom. The van der Waals surface area contributed by atoms with Gasteiger partial charge in [-0.15, -0.1) is 0 Å². The van der Waals surface area contributed by atoms with Gasteiger partial charge < -0.3 is 5.11 Å². The fraction of sp³-hybridized carbons (Fsp3) is 0.385. The van der Waals surface area contributed by atoms with E-state index in [-0.39, 0.29) is 6.61 Å². The fourth-order valence-corrected chi connectivity index (χ4v) is 2.08. The Balaban J connectivity index is 3.01. The van der Waals surface area contributed by atoms with Crippen molar-refractivity contribution in [2.75, 3.05) is 17.6 Å².